The number of rotatable bonds is 2. The molecule has 1 fully saturated rings. The summed E-state index contributed by atoms with van der Waals surface area (Å²) in [6.07, 6.45) is 0.685. The van der Waals surface area contributed by atoms with Crippen molar-refractivity contribution in [2.45, 2.75) is 31.8 Å². The van der Waals surface area contributed by atoms with Gasteiger partial charge in [0.2, 0.25) is 0 Å². The van der Waals surface area contributed by atoms with E-state index < -0.39 is 6.09 Å². The number of ether oxygens (including phenoxy) is 1. The minimum Gasteiger partial charge on any atom is -0.446 e. The van der Waals surface area contributed by atoms with Crippen molar-refractivity contribution in [1.29, 1.82) is 5.26 Å². The fourth-order valence-electron chi connectivity index (χ4n) is 2.20. The Morgan fingerprint density at radius 1 is 1.53 bits per heavy atom. The van der Waals surface area contributed by atoms with Crippen molar-refractivity contribution < 1.29 is 9.53 Å². The van der Waals surface area contributed by atoms with Crippen LogP contribution in [0.3, 0.4) is 0 Å². The molecule has 0 unspecified atom stereocenters. The van der Waals surface area contributed by atoms with E-state index in [2.05, 4.69) is 6.07 Å². The number of carbonyl (C=O) groups excluding carboxylic acids is 1. The van der Waals surface area contributed by atoms with Crippen molar-refractivity contribution >= 4 is 6.09 Å². The molecule has 0 heterocycles. The lowest BCUT2D eigenvalue weighted by molar-refractivity contribution is 0.0454. The average Bonchev–Trinajstić information content (AvgIpc) is 2.22. The van der Waals surface area contributed by atoms with Crippen LogP contribution in [0, 0.1) is 18.3 Å². The van der Waals surface area contributed by atoms with Crippen LogP contribution >= 0.6 is 0 Å². The molecule has 0 saturated heterocycles. The predicted molar refractivity (Wildman–Crippen MR) is 62.3 cm³/mol. The average molecular weight is 230 g/mol. The monoisotopic (exact) mass is 230 g/mol. The molecule has 1 aliphatic carbocycles. The maximum atomic E-state index is 10.6. The Balaban J connectivity index is 2.08. The SMILES string of the molecule is Cc1ccc(C#N)c([C@H]2C[C@@H](OC(N)=O)C2)c1. The van der Waals surface area contributed by atoms with Crippen LogP contribution in [0.5, 0.6) is 0 Å². The first-order valence-electron chi connectivity index (χ1n) is 5.57. The van der Waals surface area contributed by atoms with Gasteiger partial charge in [0, 0.05) is 0 Å². The van der Waals surface area contributed by atoms with Crippen molar-refractivity contribution in [3.05, 3.63) is 34.9 Å². The van der Waals surface area contributed by atoms with Crippen molar-refractivity contribution in [1.82, 2.24) is 0 Å². The van der Waals surface area contributed by atoms with Crippen LogP contribution in [0.1, 0.15) is 35.4 Å². The molecular weight excluding hydrogens is 216 g/mol. The zero-order chi connectivity index (χ0) is 12.4. The van der Waals surface area contributed by atoms with Gasteiger partial charge in [-0.15, -0.1) is 0 Å². The summed E-state index contributed by atoms with van der Waals surface area (Å²) in [5, 5.41) is 9.03. The predicted octanol–water partition coefficient (Wildman–Crippen LogP) is 2.21. The maximum absolute atomic E-state index is 10.6. The lowest BCUT2D eigenvalue weighted by atomic mass is 9.75. The van der Waals surface area contributed by atoms with Gasteiger partial charge in [-0.3, -0.25) is 0 Å². The number of nitrogens with two attached hydrogens (primary N) is 1. The molecular formula is C13H14N2O2. The van der Waals surface area contributed by atoms with Crippen molar-refractivity contribution in [3.63, 3.8) is 0 Å². The molecule has 1 saturated carbocycles. The molecule has 4 heteroatoms. The Morgan fingerprint density at radius 2 is 2.24 bits per heavy atom. The molecule has 0 spiro atoms. The molecule has 0 atom stereocenters. The van der Waals surface area contributed by atoms with Crippen LogP contribution < -0.4 is 5.73 Å². The largest absolute Gasteiger partial charge is 0.446 e. The van der Waals surface area contributed by atoms with E-state index >= 15 is 0 Å². The Morgan fingerprint density at radius 3 is 2.82 bits per heavy atom. The zero-order valence-electron chi connectivity index (χ0n) is 9.64. The molecule has 1 aromatic rings. The van der Waals surface area contributed by atoms with Gasteiger partial charge in [-0.25, -0.2) is 4.79 Å². The summed E-state index contributed by atoms with van der Waals surface area (Å²) in [6, 6.07) is 8.00. The highest BCUT2D eigenvalue weighted by molar-refractivity contribution is 5.65. The Bertz CT molecular complexity index is 485. The smallest absolute Gasteiger partial charge is 0.404 e. The summed E-state index contributed by atoms with van der Waals surface area (Å²) >= 11 is 0. The molecule has 4 nitrogen and oxygen atoms in total. The van der Waals surface area contributed by atoms with E-state index in [1.165, 1.54) is 0 Å². The Labute approximate surface area is 100.0 Å². The summed E-state index contributed by atoms with van der Waals surface area (Å²) in [5.74, 6) is 0.300. The fraction of sp³-hybridized carbons (Fsp3) is 0.385. The van der Waals surface area contributed by atoms with Crippen molar-refractivity contribution in [2.75, 3.05) is 0 Å². The number of amides is 1. The fourth-order valence-corrected chi connectivity index (χ4v) is 2.20. The summed E-state index contributed by atoms with van der Waals surface area (Å²) < 4.78 is 4.90. The van der Waals surface area contributed by atoms with Gasteiger partial charge in [0.15, 0.2) is 0 Å². The van der Waals surface area contributed by atoms with E-state index in [9.17, 15) is 4.79 Å². The van der Waals surface area contributed by atoms with Crippen LogP contribution in [0.15, 0.2) is 18.2 Å². The van der Waals surface area contributed by atoms with Crippen LogP contribution in [0.25, 0.3) is 0 Å². The highest BCUT2D eigenvalue weighted by atomic mass is 16.6. The van der Waals surface area contributed by atoms with Crippen molar-refractivity contribution in [2.24, 2.45) is 5.73 Å². The lowest BCUT2D eigenvalue weighted by Gasteiger charge is -2.35. The number of primary amides is 1. The molecule has 17 heavy (non-hydrogen) atoms. The molecule has 1 amide bonds. The quantitative estimate of drug-likeness (QED) is 0.846. The topological polar surface area (TPSA) is 76.1 Å². The maximum Gasteiger partial charge on any atom is 0.404 e. The van der Waals surface area contributed by atoms with Gasteiger partial charge in [-0.1, -0.05) is 17.7 Å². The van der Waals surface area contributed by atoms with Gasteiger partial charge < -0.3 is 10.5 Å². The standard InChI is InChI=1S/C13H14N2O2/c1-8-2-3-9(7-14)12(4-8)10-5-11(6-10)17-13(15)16/h2-4,10-11H,5-6H2,1H3,(H2,15,16)/t10-,11+. The highest BCUT2D eigenvalue weighted by Gasteiger charge is 2.34. The van der Waals surface area contributed by atoms with Crippen molar-refractivity contribution in [3.8, 4) is 6.07 Å². The lowest BCUT2D eigenvalue weighted by Crippen LogP contribution is -2.34. The molecule has 0 radical (unpaired) electrons. The van der Waals surface area contributed by atoms with Gasteiger partial charge in [-0.05, 0) is 37.3 Å². The number of hydrogen-bond donors (Lipinski definition) is 1. The summed E-state index contributed by atoms with van der Waals surface area (Å²) in [7, 11) is 0. The number of benzene rings is 1. The van der Waals surface area contributed by atoms with E-state index in [0.29, 0.717) is 11.5 Å². The summed E-state index contributed by atoms with van der Waals surface area (Å²) in [6.45, 7) is 2.00. The van der Waals surface area contributed by atoms with E-state index in [1.54, 1.807) is 0 Å². The van der Waals surface area contributed by atoms with E-state index in [-0.39, 0.29) is 6.10 Å². The molecule has 2 N–H and O–H groups in total. The number of hydrogen-bond acceptors (Lipinski definition) is 3. The van der Waals surface area contributed by atoms with Crippen LogP contribution in [0.2, 0.25) is 0 Å². The van der Waals surface area contributed by atoms with Crippen LogP contribution in [-0.4, -0.2) is 12.2 Å². The Hall–Kier alpha value is -2.02. The Kier molecular flexibility index (Phi) is 3.01. The van der Waals surface area contributed by atoms with Gasteiger partial charge in [0.05, 0.1) is 11.6 Å². The summed E-state index contributed by atoms with van der Waals surface area (Å²) in [4.78, 5) is 10.6. The van der Waals surface area contributed by atoms with E-state index in [0.717, 1.165) is 24.0 Å². The zero-order valence-corrected chi connectivity index (χ0v) is 9.64. The molecule has 2 rings (SSSR count). The highest BCUT2D eigenvalue weighted by Crippen LogP contribution is 2.40. The molecule has 0 bridgehead atoms. The number of aryl methyl sites for hydroxylation is 1. The van der Waals surface area contributed by atoms with Gasteiger partial charge in [0.25, 0.3) is 0 Å². The third-order valence-corrected chi connectivity index (χ3v) is 3.14. The number of nitriles is 1. The molecule has 0 aromatic heterocycles. The third kappa shape index (κ3) is 2.39. The molecule has 1 aromatic carbocycles. The number of nitrogens with zero attached hydrogens (tertiary/aromatic N) is 1. The second kappa shape index (κ2) is 4.46. The minimum absolute atomic E-state index is 0.0930. The summed E-state index contributed by atoms with van der Waals surface area (Å²) in [5.41, 5.74) is 7.85. The first-order valence-corrected chi connectivity index (χ1v) is 5.57. The third-order valence-electron chi connectivity index (χ3n) is 3.14. The molecule has 1 aliphatic rings. The first kappa shape index (κ1) is 11.5. The number of carbonyl (C=O) groups is 1. The second-order valence-electron chi connectivity index (χ2n) is 4.43. The van der Waals surface area contributed by atoms with Gasteiger partial charge in [-0.2, -0.15) is 5.26 Å². The minimum atomic E-state index is -0.724. The second-order valence-corrected chi connectivity index (χ2v) is 4.43. The van der Waals surface area contributed by atoms with E-state index in [1.807, 2.05) is 25.1 Å². The van der Waals surface area contributed by atoms with Crippen LogP contribution in [0.4, 0.5) is 4.79 Å². The molecule has 88 valence electrons. The normalized spacial score (nSPS) is 22.4. The van der Waals surface area contributed by atoms with Crippen LogP contribution in [-0.2, 0) is 4.74 Å². The molecule has 0 aliphatic heterocycles. The van der Waals surface area contributed by atoms with Gasteiger partial charge >= 0.3 is 6.09 Å². The van der Waals surface area contributed by atoms with E-state index in [4.69, 9.17) is 15.7 Å². The first-order chi connectivity index (χ1) is 8.10. The van der Waals surface area contributed by atoms with Gasteiger partial charge in [0.1, 0.15) is 6.10 Å².